The van der Waals surface area contributed by atoms with Gasteiger partial charge >= 0.3 is 5.97 Å². The van der Waals surface area contributed by atoms with Gasteiger partial charge in [0.05, 0.1) is 11.6 Å². The molecule has 0 aliphatic heterocycles. The summed E-state index contributed by atoms with van der Waals surface area (Å²) in [7, 11) is 0. The van der Waals surface area contributed by atoms with Crippen LogP contribution in [-0.2, 0) is 9.59 Å². The summed E-state index contributed by atoms with van der Waals surface area (Å²) in [6.07, 6.45) is 1.96. The van der Waals surface area contributed by atoms with Gasteiger partial charge in [-0.3, -0.25) is 9.59 Å². The Morgan fingerprint density at radius 3 is 2.32 bits per heavy atom. The third kappa shape index (κ3) is 4.43. The number of thioether (sulfide) groups is 1. The maximum absolute atomic E-state index is 12.5. The van der Waals surface area contributed by atoms with E-state index in [1.54, 1.807) is 18.2 Å². The van der Waals surface area contributed by atoms with Crippen molar-refractivity contribution in [3.8, 4) is 0 Å². The van der Waals surface area contributed by atoms with Crippen LogP contribution in [-0.4, -0.2) is 22.7 Å². The molecule has 120 valence electrons. The van der Waals surface area contributed by atoms with Crippen LogP contribution in [0.1, 0.15) is 25.7 Å². The van der Waals surface area contributed by atoms with Crippen molar-refractivity contribution < 1.29 is 23.5 Å². The maximum atomic E-state index is 12.5. The van der Waals surface area contributed by atoms with Gasteiger partial charge in [0.2, 0.25) is 5.91 Å². The molecule has 22 heavy (non-hydrogen) atoms. The summed E-state index contributed by atoms with van der Waals surface area (Å²) in [5, 5.41) is 11.6. The van der Waals surface area contributed by atoms with Gasteiger partial charge in [-0.15, -0.1) is 0 Å². The predicted molar refractivity (Wildman–Crippen MR) is 80.0 cm³/mol. The summed E-state index contributed by atoms with van der Waals surface area (Å²) < 4.78 is 25.0. The number of hydrogen-bond acceptors (Lipinski definition) is 3. The Balaban J connectivity index is 1.97. The number of carboxylic acid groups (broad SMARTS) is 1. The summed E-state index contributed by atoms with van der Waals surface area (Å²) >= 11 is 0.392. The molecule has 1 saturated carbocycles. The van der Waals surface area contributed by atoms with Crippen LogP contribution >= 0.6 is 11.8 Å². The van der Waals surface area contributed by atoms with Crippen LogP contribution in [0.25, 0.3) is 0 Å². The van der Waals surface area contributed by atoms with Crippen molar-refractivity contribution in [2.75, 3.05) is 5.32 Å². The lowest BCUT2D eigenvalue weighted by atomic mass is 9.81. The predicted octanol–water partition coefficient (Wildman–Crippen LogP) is 3.83. The van der Waals surface area contributed by atoms with Gasteiger partial charge in [0.1, 0.15) is 0 Å². The normalized spacial score (nSPS) is 21.6. The molecule has 1 aliphatic carbocycles. The summed E-state index contributed by atoms with van der Waals surface area (Å²) in [6, 6.07) is 6.43. The highest BCUT2D eigenvalue weighted by Gasteiger charge is 2.30. The molecule has 1 amide bonds. The van der Waals surface area contributed by atoms with Gasteiger partial charge in [0.25, 0.3) is 5.76 Å². The van der Waals surface area contributed by atoms with Crippen LogP contribution in [0.15, 0.2) is 29.2 Å². The summed E-state index contributed by atoms with van der Waals surface area (Å²) in [5.41, 5.74) is 0.373. The molecule has 0 radical (unpaired) electrons. The fraction of sp³-hybridized carbons (Fsp3) is 0.467. The number of rotatable bonds is 5. The lowest BCUT2D eigenvalue weighted by Gasteiger charge is -2.25. The fourth-order valence-electron chi connectivity index (χ4n) is 2.61. The Kier molecular flexibility index (Phi) is 5.76. The molecule has 0 atom stereocenters. The van der Waals surface area contributed by atoms with Crippen LogP contribution in [0.5, 0.6) is 0 Å². The zero-order chi connectivity index (χ0) is 16.1. The number of benzene rings is 1. The van der Waals surface area contributed by atoms with Gasteiger partial charge in [0.15, 0.2) is 0 Å². The highest BCUT2D eigenvalue weighted by atomic mass is 32.2. The van der Waals surface area contributed by atoms with E-state index in [4.69, 9.17) is 5.11 Å². The van der Waals surface area contributed by atoms with Crippen LogP contribution in [0, 0.1) is 11.8 Å². The number of carboxylic acids is 1. The Morgan fingerprint density at radius 1 is 1.14 bits per heavy atom. The van der Waals surface area contributed by atoms with Crippen molar-refractivity contribution in [1.29, 1.82) is 0 Å². The smallest absolute Gasteiger partial charge is 0.306 e. The summed E-state index contributed by atoms with van der Waals surface area (Å²) in [5.74, 6) is -4.25. The molecule has 0 unspecified atom stereocenters. The molecule has 0 saturated heterocycles. The number of carbonyl (C=O) groups excluding carboxylic acids is 1. The number of amides is 1. The van der Waals surface area contributed by atoms with E-state index >= 15 is 0 Å². The Morgan fingerprint density at radius 2 is 1.73 bits per heavy atom. The Hall–Kier alpha value is -1.63. The molecular formula is C15H17F2NO3S. The fourth-order valence-corrected chi connectivity index (χ4v) is 3.20. The SMILES string of the molecule is O=C(O)C1CCC(C(=O)Nc2ccccc2SC(F)F)CC1. The van der Waals surface area contributed by atoms with Crippen LogP contribution < -0.4 is 5.32 Å². The monoisotopic (exact) mass is 329 g/mol. The van der Waals surface area contributed by atoms with E-state index in [0.29, 0.717) is 48.0 Å². The second-order valence-corrected chi connectivity index (χ2v) is 6.28. The van der Waals surface area contributed by atoms with Crippen LogP contribution in [0.4, 0.5) is 14.5 Å². The summed E-state index contributed by atoms with van der Waals surface area (Å²) in [6.45, 7) is 0. The molecule has 0 aromatic heterocycles. The first-order valence-corrected chi connectivity index (χ1v) is 7.93. The van der Waals surface area contributed by atoms with Crippen molar-refractivity contribution in [2.24, 2.45) is 11.8 Å². The van der Waals surface area contributed by atoms with Gasteiger partial charge in [0, 0.05) is 10.8 Å². The largest absolute Gasteiger partial charge is 0.481 e. The number of carbonyl (C=O) groups is 2. The third-order valence-electron chi connectivity index (χ3n) is 3.81. The second-order valence-electron chi connectivity index (χ2n) is 5.25. The van der Waals surface area contributed by atoms with E-state index in [2.05, 4.69) is 5.32 Å². The van der Waals surface area contributed by atoms with Crippen molar-refractivity contribution in [1.82, 2.24) is 0 Å². The first kappa shape index (κ1) is 16.7. The standard InChI is InChI=1S/C15H17F2NO3S/c16-15(17)22-12-4-2-1-3-11(12)18-13(19)9-5-7-10(8-6-9)14(20)21/h1-4,9-10,15H,5-8H2,(H,18,19)(H,20,21). The minimum atomic E-state index is -2.55. The zero-order valence-corrected chi connectivity index (χ0v) is 12.6. The van der Waals surface area contributed by atoms with Crippen LogP contribution in [0.2, 0.25) is 0 Å². The van der Waals surface area contributed by atoms with Crippen molar-refractivity contribution >= 4 is 29.3 Å². The highest BCUT2D eigenvalue weighted by molar-refractivity contribution is 7.99. The van der Waals surface area contributed by atoms with Gasteiger partial charge in [-0.1, -0.05) is 23.9 Å². The molecule has 0 heterocycles. The molecule has 1 aromatic rings. The topological polar surface area (TPSA) is 66.4 Å². The quantitative estimate of drug-likeness (QED) is 0.806. The number of nitrogens with one attached hydrogen (secondary N) is 1. The van der Waals surface area contributed by atoms with E-state index in [9.17, 15) is 18.4 Å². The number of alkyl halides is 2. The van der Waals surface area contributed by atoms with E-state index in [-0.39, 0.29) is 17.7 Å². The van der Waals surface area contributed by atoms with Crippen molar-refractivity contribution in [2.45, 2.75) is 36.3 Å². The molecule has 2 rings (SSSR count). The molecule has 0 spiro atoms. The number of halogens is 2. The van der Waals surface area contributed by atoms with Gasteiger partial charge in [-0.2, -0.15) is 8.78 Å². The number of aliphatic carboxylic acids is 1. The first-order chi connectivity index (χ1) is 10.5. The molecule has 1 aliphatic rings. The van der Waals surface area contributed by atoms with E-state index < -0.39 is 11.7 Å². The number of hydrogen-bond donors (Lipinski definition) is 2. The van der Waals surface area contributed by atoms with Gasteiger partial charge in [-0.25, -0.2) is 0 Å². The average molecular weight is 329 g/mol. The molecule has 1 aromatic carbocycles. The summed E-state index contributed by atoms with van der Waals surface area (Å²) in [4.78, 5) is 23.4. The average Bonchev–Trinajstić information content (AvgIpc) is 2.48. The maximum Gasteiger partial charge on any atom is 0.306 e. The molecule has 4 nitrogen and oxygen atoms in total. The lowest BCUT2D eigenvalue weighted by Crippen LogP contribution is -2.29. The van der Waals surface area contributed by atoms with Crippen molar-refractivity contribution in [3.63, 3.8) is 0 Å². The molecule has 1 fully saturated rings. The molecule has 2 N–H and O–H groups in total. The second kappa shape index (κ2) is 7.58. The van der Waals surface area contributed by atoms with Gasteiger partial charge in [-0.05, 0) is 37.8 Å². The van der Waals surface area contributed by atoms with Gasteiger partial charge < -0.3 is 10.4 Å². The molecule has 0 bridgehead atoms. The Bertz CT molecular complexity index is 545. The van der Waals surface area contributed by atoms with E-state index in [0.717, 1.165) is 0 Å². The molecule has 7 heteroatoms. The first-order valence-electron chi connectivity index (χ1n) is 7.05. The minimum absolute atomic E-state index is 0.230. The minimum Gasteiger partial charge on any atom is -0.481 e. The highest BCUT2D eigenvalue weighted by Crippen LogP contribution is 2.33. The third-order valence-corrected chi connectivity index (χ3v) is 4.60. The van der Waals surface area contributed by atoms with E-state index in [1.165, 1.54) is 6.07 Å². The molecular weight excluding hydrogens is 312 g/mol. The lowest BCUT2D eigenvalue weighted by molar-refractivity contribution is -0.143. The van der Waals surface area contributed by atoms with Crippen LogP contribution in [0.3, 0.4) is 0 Å². The van der Waals surface area contributed by atoms with E-state index in [1.807, 2.05) is 0 Å². The Labute approximate surface area is 131 Å². The number of para-hydroxylation sites is 1. The number of anilines is 1. The zero-order valence-electron chi connectivity index (χ0n) is 11.8. The van der Waals surface area contributed by atoms with Crippen molar-refractivity contribution in [3.05, 3.63) is 24.3 Å².